The van der Waals surface area contributed by atoms with E-state index in [0.29, 0.717) is 46.9 Å². The Morgan fingerprint density at radius 2 is 2.00 bits per heavy atom. The Kier molecular flexibility index (Phi) is 3.28. The van der Waals surface area contributed by atoms with Crippen LogP contribution in [0.3, 0.4) is 0 Å². The van der Waals surface area contributed by atoms with Crippen molar-refractivity contribution in [2.45, 2.75) is 6.55 Å². The zero-order valence-corrected chi connectivity index (χ0v) is 10.8. The van der Waals surface area contributed by atoms with Gasteiger partial charge < -0.3 is 9.64 Å². The van der Waals surface area contributed by atoms with Crippen LogP contribution in [0.2, 0.25) is 5.02 Å². The molecule has 102 valence electrons. The summed E-state index contributed by atoms with van der Waals surface area (Å²) in [5.41, 5.74) is 1.33. The number of fused-ring (bicyclic) bond motifs is 1. The number of hydrogen-bond donors (Lipinski definition) is 0. The Morgan fingerprint density at radius 1 is 1.26 bits per heavy atom. The molecular formula is C12H12ClF2N3O. The normalized spacial score (nSPS) is 16.5. The van der Waals surface area contributed by atoms with Crippen molar-refractivity contribution in [3.05, 3.63) is 23.4 Å². The van der Waals surface area contributed by atoms with E-state index in [2.05, 4.69) is 10.00 Å². The van der Waals surface area contributed by atoms with Gasteiger partial charge in [0.15, 0.2) is 0 Å². The highest BCUT2D eigenvalue weighted by Crippen LogP contribution is 2.31. The molecule has 19 heavy (non-hydrogen) atoms. The van der Waals surface area contributed by atoms with E-state index in [4.69, 9.17) is 16.3 Å². The molecule has 1 aromatic carbocycles. The van der Waals surface area contributed by atoms with E-state index >= 15 is 0 Å². The third kappa shape index (κ3) is 2.37. The first-order valence-corrected chi connectivity index (χ1v) is 6.32. The first kappa shape index (κ1) is 12.6. The van der Waals surface area contributed by atoms with Crippen LogP contribution in [-0.2, 0) is 4.74 Å². The Balaban J connectivity index is 2.10. The zero-order chi connectivity index (χ0) is 13.4. The maximum absolute atomic E-state index is 12.7. The minimum atomic E-state index is -2.65. The fourth-order valence-electron chi connectivity index (χ4n) is 2.24. The standard InChI is InChI=1S/C12H12ClF2N3O/c13-9-5-8-7-18(12(14)15)16-11(8)10(6-9)17-1-3-19-4-2-17/h5-7,12H,1-4H2. The molecule has 0 spiro atoms. The van der Waals surface area contributed by atoms with Gasteiger partial charge in [-0.15, -0.1) is 0 Å². The maximum atomic E-state index is 12.7. The van der Waals surface area contributed by atoms with Gasteiger partial charge in [0.25, 0.3) is 0 Å². The van der Waals surface area contributed by atoms with E-state index in [1.54, 1.807) is 12.1 Å². The minimum Gasteiger partial charge on any atom is -0.378 e. The highest BCUT2D eigenvalue weighted by molar-refractivity contribution is 6.31. The van der Waals surface area contributed by atoms with E-state index < -0.39 is 6.55 Å². The number of aromatic nitrogens is 2. The third-order valence-electron chi connectivity index (χ3n) is 3.12. The largest absolute Gasteiger partial charge is 0.378 e. The average Bonchev–Trinajstić information content (AvgIpc) is 2.82. The molecule has 4 nitrogen and oxygen atoms in total. The molecule has 1 aliphatic heterocycles. The molecular weight excluding hydrogens is 276 g/mol. The van der Waals surface area contributed by atoms with E-state index in [0.717, 1.165) is 5.69 Å². The Bertz CT molecular complexity index is 596. The van der Waals surface area contributed by atoms with Crippen molar-refractivity contribution in [3.8, 4) is 0 Å². The SMILES string of the molecule is FC(F)n1cc2cc(Cl)cc(N3CCOCC3)c2n1. The van der Waals surface area contributed by atoms with Crippen molar-refractivity contribution >= 4 is 28.2 Å². The van der Waals surface area contributed by atoms with E-state index in [-0.39, 0.29) is 0 Å². The summed E-state index contributed by atoms with van der Waals surface area (Å²) < 4.78 is 31.4. The van der Waals surface area contributed by atoms with E-state index in [9.17, 15) is 8.78 Å². The Morgan fingerprint density at radius 3 is 2.68 bits per heavy atom. The predicted octanol–water partition coefficient (Wildman–Crippen LogP) is 2.92. The molecule has 7 heteroatoms. The molecule has 1 aliphatic rings. The topological polar surface area (TPSA) is 30.3 Å². The van der Waals surface area contributed by atoms with Crippen molar-refractivity contribution in [3.63, 3.8) is 0 Å². The summed E-state index contributed by atoms with van der Waals surface area (Å²) in [7, 11) is 0. The first-order valence-electron chi connectivity index (χ1n) is 5.94. The molecule has 0 atom stereocenters. The van der Waals surface area contributed by atoms with Gasteiger partial charge in [-0.05, 0) is 12.1 Å². The lowest BCUT2D eigenvalue weighted by molar-refractivity contribution is 0.0573. The van der Waals surface area contributed by atoms with E-state index in [1.165, 1.54) is 6.20 Å². The number of alkyl halides is 2. The van der Waals surface area contributed by atoms with Crippen LogP contribution in [0.25, 0.3) is 10.9 Å². The van der Waals surface area contributed by atoms with Gasteiger partial charge in [0.05, 0.1) is 18.9 Å². The van der Waals surface area contributed by atoms with Gasteiger partial charge in [0, 0.05) is 29.7 Å². The molecule has 0 amide bonds. The summed E-state index contributed by atoms with van der Waals surface area (Å²) in [6.07, 6.45) is 1.32. The van der Waals surface area contributed by atoms with Crippen molar-refractivity contribution in [2.75, 3.05) is 31.2 Å². The van der Waals surface area contributed by atoms with Gasteiger partial charge in [0.2, 0.25) is 0 Å². The summed E-state index contributed by atoms with van der Waals surface area (Å²) in [5.74, 6) is 0. The van der Waals surface area contributed by atoms with Gasteiger partial charge in [-0.3, -0.25) is 0 Å². The van der Waals surface area contributed by atoms with Crippen molar-refractivity contribution < 1.29 is 13.5 Å². The zero-order valence-electron chi connectivity index (χ0n) is 10.0. The quantitative estimate of drug-likeness (QED) is 0.851. The van der Waals surface area contributed by atoms with Crippen LogP contribution in [0.4, 0.5) is 14.5 Å². The Hall–Kier alpha value is -1.40. The van der Waals surface area contributed by atoms with E-state index in [1.807, 2.05) is 0 Å². The highest BCUT2D eigenvalue weighted by Gasteiger charge is 2.18. The van der Waals surface area contributed by atoms with Gasteiger partial charge in [0.1, 0.15) is 5.52 Å². The van der Waals surface area contributed by atoms with Gasteiger partial charge in [-0.2, -0.15) is 13.9 Å². The number of rotatable bonds is 2. The summed E-state index contributed by atoms with van der Waals surface area (Å²) >= 11 is 6.05. The van der Waals surface area contributed by atoms with Crippen molar-refractivity contribution in [2.24, 2.45) is 0 Å². The van der Waals surface area contributed by atoms with Crippen LogP contribution in [0.15, 0.2) is 18.3 Å². The van der Waals surface area contributed by atoms with Crippen LogP contribution in [0.5, 0.6) is 0 Å². The van der Waals surface area contributed by atoms with Crippen LogP contribution >= 0.6 is 11.6 Å². The number of morpholine rings is 1. The number of anilines is 1. The van der Waals surface area contributed by atoms with Crippen LogP contribution < -0.4 is 4.90 Å². The van der Waals surface area contributed by atoms with Crippen LogP contribution in [0, 0.1) is 0 Å². The molecule has 2 heterocycles. The van der Waals surface area contributed by atoms with Crippen LogP contribution in [0.1, 0.15) is 6.55 Å². The van der Waals surface area contributed by atoms with Gasteiger partial charge in [-0.1, -0.05) is 11.6 Å². The van der Waals surface area contributed by atoms with Gasteiger partial charge in [-0.25, -0.2) is 4.68 Å². The molecule has 0 aliphatic carbocycles. The van der Waals surface area contributed by atoms with Crippen molar-refractivity contribution in [1.82, 2.24) is 9.78 Å². The predicted molar refractivity (Wildman–Crippen MR) is 69.0 cm³/mol. The molecule has 1 saturated heterocycles. The highest BCUT2D eigenvalue weighted by atomic mass is 35.5. The number of halogens is 3. The first-order chi connectivity index (χ1) is 9.15. The maximum Gasteiger partial charge on any atom is 0.333 e. The molecule has 1 fully saturated rings. The lowest BCUT2D eigenvalue weighted by atomic mass is 10.2. The summed E-state index contributed by atoms with van der Waals surface area (Å²) in [6, 6.07) is 3.41. The number of nitrogens with zero attached hydrogens (tertiary/aromatic N) is 3. The van der Waals surface area contributed by atoms with Crippen LogP contribution in [-0.4, -0.2) is 36.1 Å². The number of hydrogen-bond acceptors (Lipinski definition) is 3. The molecule has 0 radical (unpaired) electrons. The Labute approximate surface area is 113 Å². The fourth-order valence-corrected chi connectivity index (χ4v) is 2.47. The smallest absolute Gasteiger partial charge is 0.333 e. The number of ether oxygens (including phenoxy) is 1. The molecule has 2 aromatic rings. The molecule has 0 saturated carbocycles. The molecule has 3 rings (SSSR count). The fraction of sp³-hybridized carbons (Fsp3) is 0.417. The second kappa shape index (κ2) is 4.94. The monoisotopic (exact) mass is 287 g/mol. The molecule has 0 bridgehead atoms. The summed E-state index contributed by atoms with van der Waals surface area (Å²) in [6.45, 7) is -0.00937. The third-order valence-corrected chi connectivity index (χ3v) is 3.34. The van der Waals surface area contributed by atoms with Crippen molar-refractivity contribution in [1.29, 1.82) is 0 Å². The lowest BCUT2D eigenvalue weighted by Crippen LogP contribution is -2.36. The summed E-state index contributed by atoms with van der Waals surface area (Å²) in [5, 5.41) is 5.09. The second-order valence-corrected chi connectivity index (χ2v) is 4.79. The number of benzene rings is 1. The minimum absolute atomic E-state index is 0.516. The molecule has 0 unspecified atom stereocenters. The molecule has 0 N–H and O–H groups in total. The average molecular weight is 288 g/mol. The summed E-state index contributed by atoms with van der Waals surface area (Å²) in [4.78, 5) is 2.06. The molecule has 1 aromatic heterocycles. The second-order valence-electron chi connectivity index (χ2n) is 4.35. The van der Waals surface area contributed by atoms with Gasteiger partial charge >= 0.3 is 6.55 Å². The lowest BCUT2D eigenvalue weighted by Gasteiger charge is -2.29.